The molecular weight excluding hydrogens is 317 g/mol. The number of rotatable bonds is 4. The second-order valence-electron chi connectivity index (χ2n) is 8.57. The van der Waals surface area contributed by atoms with E-state index in [2.05, 4.69) is 13.8 Å². The van der Waals surface area contributed by atoms with Gasteiger partial charge in [-0.25, -0.2) is 12.7 Å². The number of hydroxylamine groups is 1. The lowest BCUT2D eigenvalue weighted by Crippen LogP contribution is -2.51. The van der Waals surface area contributed by atoms with Crippen LogP contribution in [0.1, 0.15) is 53.4 Å². The van der Waals surface area contributed by atoms with Gasteiger partial charge in [0.2, 0.25) is 10.0 Å². The number of amides is 1. The Morgan fingerprint density at radius 3 is 2.57 bits per heavy atom. The number of hydrogen-bond donors (Lipinski definition) is 2. The van der Waals surface area contributed by atoms with Crippen molar-refractivity contribution in [2.75, 3.05) is 5.75 Å². The highest BCUT2D eigenvalue weighted by molar-refractivity contribution is 7.90. The van der Waals surface area contributed by atoms with Crippen LogP contribution < -0.4 is 5.48 Å². The first-order valence-electron chi connectivity index (χ1n) is 8.52. The van der Waals surface area contributed by atoms with Crippen LogP contribution >= 0.6 is 0 Å². The molecule has 1 heterocycles. The molecule has 2 N–H and O–H groups in total. The molecule has 1 saturated heterocycles. The average molecular weight is 345 g/mol. The first-order chi connectivity index (χ1) is 10.6. The summed E-state index contributed by atoms with van der Waals surface area (Å²) in [6, 6.07) is -1.10. The molecule has 0 aromatic rings. The number of nitrogens with zero attached hydrogens (tertiary/aromatic N) is 1. The molecule has 3 aliphatic rings. The van der Waals surface area contributed by atoms with E-state index in [-0.39, 0.29) is 28.5 Å². The first-order valence-corrected chi connectivity index (χ1v) is 10.1. The van der Waals surface area contributed by atoms with Crippen molar-refractivity contribution in [3.8, 4) is 0 Å². The molecule has 132 valence electrons. The molecule has 2 saturated carbocycles. The number of fused-ring (bicyclic) bond motifs is 1. The predicted molar refractivity (Wildman–Crippen MR) is 86.1 cm³/mol. The minimum Gasteiger partial charge on any atom is -0.316 e. The van der Waals surface area contributed by atoms with E-state index in [9.17, 15) is 18.4 Å². The second-order valence-corrected chi connectivity index (χ2v) is 10.4. The van der Waals surface area contributed by atoms with Crippen LogP contribution in [0.15, 0.2) is 0 Å². The van der Waals surface area contributed by atoms with E-state index < -0.39 is 22.0 Å². The Bertz CT molecular complexity index is 616. The zero-order valence-electron chi connectivity index (χ0n) is 14.4. The lowest BCUT2D eigenvalue weighted by atomic mass is 9.69. The highest BCUT2D eigenvalue weighted by Crippen LogP contribution is 2.70. The van der Waals surface area contributed by atoms with E-state index >= 15 is 0 Å². The van der Waals surface area contributed by atoms with E-state index in [0.717, 1.165) is 23.6 Å². The third-order valence-corrected chi connectivity index (χ3v) is 8.70. The zero-order chi connectivity index (χ0) is 17.2. The van der Waals surface area contributed by atoms with Crippen LogP contribution in [-0.2, 0) is 14.8 Å². The third-order valence-electron chi connectivity index (χ3n) is 6.79. The van der Waals surface area contributed by atoms with Crippen LogP contribution in [0.3, 0.4) is 0 Å². The van der Waals surface area contributed by atoms with Crippen LogP contribution in [0, 0.1) is 22.7 Å². The predicted octanol–water partition coefficient (Wildman–Crippen LogP) is 1.75. The smallest absolute Gasteiger partial charge is 0.255 e. The summed E-state index contributed by atoms with van der Waals surface area (Å²) in [6.45, 7) is 8.20. The molecule has 1 amide bonds. The minimum atomic E-state index is -3.62. The van der Waals surface area contributed by atoms with Crippen LogP contribution in [0.5, 0.6) is 0 Å². The molecule has 6 nitrogen and oxygen atoms in total. The van der Waals surface area contributed by atoms with Crippen molar-refractivity contribution in [1.82, 2.24) is 9.79 Å². The zero-order valence-corrected chi connectivity index (χ0v) is 15.2. The summed E-state index contributed by atoms with van der Waals surface area (Å²) < 4.78 is 26.7. The SMILES string of the molecule is CC(C)C[C@H]([15NH]O)C(=O)N1[C@H]2C[C@@H]3CC[C@@]2(CS1(=O)=O)C3(C)C. The summed E-state index contributed by atoms with van der Waals surface area (Å²) >= 11 is 0. The molecule has 4 atom stereocenters. The average Bonchev–Trinajstić information content (AvgIpc) is 2.90. The molecule has 7 heteroatoms. The Morgan fingerprint density at radius 1 is 1.39 bits per heavy atom. The van der Waals surface area contributed by atoms with Crippen molar-refractivity contribution < 1.29 is 18.4 Å². The maximum Gasteiger partial charge on any atom is 0.255 e. The van der Waals surface area contributed by atoms with Crippen molar-refractivity contribution in [3.63, 3.8) is 0 Å². The Morgan fingerprint density at radius 2 is 2.04 bits per heavy atom. The van der Waals surface area contributed by atoms with E-state index in [1.165, 1.54) is 0 Å². The molecule has 1 spiro atoms. The van der Waals surface area contributed by atoms with Crippen molar-refractivity contribution in [2.45, 2.75) is 65.5 Å². The second kappa shape index (κ2) is 5.17. The summed E-state index contributed by atoms with van der Waals surface area (Å²) in [6.07, 6.45) is 3.10. The molecule has 0 radical (unpaired) electrons. The van der Waals surface area contributed by atoms with Crippen LogP contribution in [0.2, 0.25) is 0 Å². The quantitative estimate of drug-likeness (QED) is 0.599. The number of nitrogens with one attached hydrogen (secondary N) is 1. The summed E-state index contributed by atoms with van der Waals surface area (Å²) in [5.74, 6) is 0.231. The highest BCUT2D eigenvalue weighted by Gasteiger charge is 2.72. The van der Waals surface area contributed by atoms with Gasteiger partial charge in [-0.1, -0.05) is 27.7 Å². The fourth-order valence-electron chi connectivity index (χ4n) is 5.41. The van der Waals surface area contributed by atoms with Gasteiger partial charge in [0.05, 0.1) is 11.8 Å². The number of carbonyl (C=O) groups is 1. The minimum absolute atomic E-state index is 0.0556. The van der Waals surface area contributed by atoms with Gasteiger partial charge in [-0.2, -0.15) is 5.48 Å². The fraction of sp³-hybridized carbons (Fsp3) is 0.938. The van der Waals surface area contributed by atoms with Crippen molar-refractivity contribution in [1.29, 1.82) is 0 Å². The molecule has 0 aromatic heterocycles. The Balaban J connectivity index is 1.96. The normalized spacial score (nSPS) is 38.1. The maximum absolute atomic E-state index is 12.9. The molecule has 0 unspecified atom stereocenters. The van der Waals surface area contributed by atoms with E-state index in [1.54, 1.807) is 0 Å². The van der Waals surface area contributed by atoms with Gasteiger partial charge < -0.3 is 5.21 Å². The standard InChI is InChI=1S/C16H28N2O4S/c1-10(2)7-12(17-20)14(19)18-13-8-11-5-6-16(13,15(11,3)4)9-23(18,21)22/h10-13,17,20H,5-9H2,1-4H3/t11-,12-,13-,16-/m0/s1/i17+1. The molecular formula is C16H28N2O4S. The lowest BCUT2D eigenvalue weighted by Gasteiger charge is -2.37. The van der Waals surface area contributed by atoms with Gasteiger partial charge in [-0.15, -0.1) is 0 Å². The van der Waals surface area contributed by atoms with Crippen molar-refractivity contribution in [2.24, 2.45) is 22.7 Å². The number of hydrogen-bond acceptors (Lipinski definition) is 5. The van der Waals surface area contributed by atoms with Gasteiger partial charge in [0, 0.05) is 5.41 Å². The van der Waals surface area contributed by atoms with Gasteiger partial charge in [-0.05, 0) is 42.9 Å². The summed E-state index contributed by atoms with van der Waals surface area (Å²) in [7, 11) is -3.62. The van der Waals surface area contributed by atoms with Crippen LogP contribution in [0.25, 0.3) is 0 Å². The summed E-state index contributed by atoms with van der Waals surface area (Å²) in [4.78, 5) is 12.9. The van der Waals surface area contributed by atoms with Crippen LogP contribution in [-0.4, -0.2) is 41.7 Å². The van der Waals surface area contributed by atoms with Gasteiger partial charge in [0.15, 0.2) is 0 Å². The third kappa shape index (κ3) is 2.19. The Labute approximate surface area is 138 Å². The van der Waals surface area contributed by atoms with Gasteiger partial charge in [-0.3, -0.25) is 4.79 Å². The number of sulfonamides is 1. The maximum atomic E-state index is 12.9. The van der Waals surface area contributed by atoms with Gasteiger partial charge in [0.25, 0.3) is 5.91 Å². The highest BCUT2D eigenvalue weighted by atomic mass is 32.2. The first kappa shape index (κ1) is 17.2. The largest absolute Gasteiger partial charge is 0.316 e. The van der Waals surface area contributed by atoms with Crippen molar-refractivity contribution >= 4 is 15.9 Å². The van der Waals surface area contributed by atoms with Gasteiger partial charge in [0.1, 0.15) is 6.04 Å². The molecule has 23 heavy (non-hydrogen) atoms. The van der Waals surface area contributed by atoms with Gasteiger partial charge >= 0.3 is 0 Å². The van der Waals surface area contributed by atoms with Crippen LogP contribution in [0.4, 0.5) is 0 Å². The topological polar surface area (TPSA) is 86.7 Å². The fourth-order valence-corrected chi connectivity index (χ4v) is 7.99. The molecule has 3 rings (SSSR count). The van der Waals surface area contributed by atoms with E-state index in [1.807, 2.05) is 19.3 Å². The molecule has 2 bridgehead atoms. The summed E-state index contributed by atoms with van der Waals surface area (Å²) in [5, 5.41) is 9.36. The number of carbonyl (C=O) groups excluding carboxylic acids is 1. The van der Waals surface area contributed by atoms with Crippen molar-refractivity contribution in [3.05, 3.63) is 0 Å². The molecule has 0 aromatic carbocycles. The Kier molecular flexibility index (Phi) is 3.86. The molecule has 2 aliphatic carbocycles. The van der Waals surface area contributed by atoms with E-state index in [4.69, 9.17) is 0 Å². The Hall–Kier alpha value is -0.660. The summed E-state index contributed by atoms with van der Waals surface area (Å²) in [5.41, 5.74) is 1.66. The lowest BCUT2D eigenvalue weighted by molar-refractivity contribution is -0.134. The monoisotopic (exact) mass is 345 g/mol. The molecule has 1 aliphatic heterocycles. The van der Waals surface area contributed by atoms with E-state index in [0.29, 0.717) is 12.3 Å². The molecule has 3 fully saturated rings.